The predicted molar refractivity (Wildman–Crippen MR) is 124 cm³/mol. The van der Waals surface area contributed by atoms with Gasteiger partial charge in [0.15, 0.2) is 0 Å². The Bertz CT molecular complexity index is 709. The largest absolute Gasteiger partial charge is 0.466 e. The van der Waals surface area contributed by atoms with Crippen LogP contribution in [0.5, 0.6) is 0 Å². The average molecular weight is 520 g/mol. The minimum Gasteiger partial charge on any atom is -0.466 e. The van der Waals surface area contributed by atoms with Crippen LogP contribution >= 0.6 is 27.7 Å². The number of aliphatic hydroxyl groups excluding tert-OH is 1. The third-order valence-electron chi connectivity index (χ3n) is 7.21. The molecule has 0 saturated carbocycles. The van der Waals surface area contributed by atoms with E-state index in [1.54, 1.807) is 23.6 Å². The number of amides is 2. The second-order valence-electron chi connectivity index (χ2n) is 8.94. The quantitative estimate of drug-likeness (QED) is 0.261. The van der Waals surface area contributed by atoms with Gasteiger partial charge in [0.25, 0.3) is 0 Å². The third-order valence-corrected chi connectivity index (χ3v) is 10.4. The lowest BCUT2D eigenvalue weighted by Crippen LogP contribution is -2.58. The smallest absolute Gasteiger partial charge is 0.310 e. The van der Waals surface area contributed by atoms with Gasteiger partial charge in [0.2, 0.25) is 11.8 Å². The number of rotatable bonds is 10. The molecule has 3 aliphatic rings. The lowest BCUT2D eigenvalue weighted by Gasteiger charge is -2.39. The summed E-state index contributed by atoms with van der Waals surface area (Å²) in [5, 5.41) is 13.2. The number of nitrogens with one attached hydrogen (secondary N) is 1. The summed E-state index contributed by atoms with van der Waals surface area (Å²) in [4.78, 5) is 41.9. The van der Waals surface area contributed by atoms with E-state index in [1.807, 2.05) is 13.8 Å². The summed E-state index contributed by atoms with van der Waals surface area (Å²) in [6, 6.07) is -1.17. The van der Waals surface area contributed by atoms with E-state index in [9.17, 15) is 19.5 Å². The zero-order valence-corrected chi connectivity index (χ0v) is 21.2. The number of hydrogen-bond donors (Lipinski definition) is 2. The van der Waals surface area contributed by atoms with Gasteiger partial charge in [-0.15, -0.1) is 11.8 Å². The van der Waals surface area contributed by atoms with E-state index in [0.717, 1.165) is 19.3 Å². The lowest BCUT2D eigenvalue weighted by molar-refractivity contribution is -0.154. The molecule has 3 heterocycles. The first-order valence-electron chi connectivity index (χ1n) is 11.5. The van der Waals surface area contributed by atoms with E-state index in [-0.39, 0.29) is 47.0 Å². The van der Waals surface area contributed by atoms with Crippen molar-refractivity contribution in [2.75, 3.05) is 19.8 Å². The molecule has 0 aromatic rings. The molecule has 176 valence electrons. The number of alkyl halides is 1. The molecule has 3 unspecified atom stereocenters. The molecule has 2 bridgehead atoms. The molecule has 0 radical (unpaired) electrons. The van der Waals surface area contributed by atoms with Crippen molar-refractivity contribution in [2.24, 2.45) is 17.8 Å². The first-order valence-corrected chi connectivity index (χ1v) is 13.3. The average Bonchev–Trinajstić information content (AvgIpc) is 3.32. The third kappa shape index (κ3) is 4.03. The zero-order chi connectivity index (χ0) is 22.9. The van der Waals surface area contributed by atoms with Gasteiger partial charge in [0.05, 0.1) is 35.8 Å². The molecule has 3 aliphatic heterocycles. The minimum absolute atomic E-state index is 0.0259. The van der Waals surface area contributed by atoms with Crippen LogP contribution in [-0.2, 0) is 19.1 Å². The summed E-state index contributed by atoms with van der Waals surface area (Å²) in [5.41, 5.74) is 0. The van der Waals surface area contributed by atoms with Crippen molar-refractivity contribution in [1.82, 2.24) is 10.2 Å². The van der Waals surface area contributed by atoms with Gasteiger partial charge in [-0.25, -0.2) is 0 Å². The molecular weight excluding hydrogens is 484 g/mol. The highest BCUT2D eigenvalue weighted by Gasteiger charge is 2.76. The lowest BCUT2D eigenvalue weighted by atomic mass is 9.71. The summed E-state index contributed by atoms with van der Waals surface area (Å²) >= 11 is 5.32. The van der Waals surface area contributed by atoms with Gasteiger partial charge in [-0.05, 0) is 25.7 Å². The maximum absolute atomic E-state index is 13.9. The summed E-state index contributed by atoms with van der Waals surface area (Å²) < 4.78 is 4.66. The van der Waals surface area contributed by atoms with E-state index in [0.29, 0.717) is 13.0 Å². The molecule has 2 N–H and O–H groups in total. The number of fused-ring (bicyclic) bond motifs is 1. The molecular formula is C22H35BrN2O5S. The van der Waals surface area contributed by atoms with E-state index in [4.69, 9.17) is 4.74 Å². The van der Waals surface area contributed by atoms with E-state index in [2.05, 4.69) is 28.2 Å². The maximum Gasteiger partial charge on any atom is 0.310 e. The van der Waals surface area contributed by atoms with E-state index >= 15 is 0 Å². The Balaban J connectivity index is 2.05. The first-order chi connectivity index (χ1) is 14.8. The van der Waals surface area contributed by atoms with Crippen molar-refractivity contribution in [3.05, 3.63) is 0 Å². The van der Waals surface area contributed by atoms with Crippen LogP contribution in [0.15, 0.2) is 0 Å². The summed E-state index contributed by atoms with van der Waals surface area (Å²) in [7, 11) is 0. The highest BCUT2D eigenvalue weighted by molar-refractivity contribution is 9.09. The van der Waals surface area contributed by atoms with Crippen LogP contribution in [0.3, 0.4) is 0 Å². The molecule has 9 heteroatoms. The Morgan fingerprint density at radius 1 is 1.39 bits per heavy atom. The van der Waals surface area contributed by atoms with Crippen molar-refractivity contribution < 1.29 is 24.2 Å². The van der Waals surface area contributed by atoms with Gasteiger partial charge in [0, 0.05) is 16.6 Å². The number of halogens is 1. The van der Waals surface area contributed by atoms with Gasteiger partial charge in [0.1, 0.15) is 6.04 Å². The highest BCUT2D eigenvalue weighted by atomic mass is 79.9. The van der Waals surface area contributed by atoms with Crippen LogP contribution < -0.4 is 5.32 Å². The number of nitrogens with zero attached hydrogens (tertiary/aromatic N) is 1. The standard InChI is InChI=1S/C22H35BrN2O5S/c1-5-8-9-24-19(27)18-22-10-13(23)17(31-22)15(21(29)30-7-3)16(22)20(28)25(18)14(11-26)12(4)6-2/h12-18,26H,5-11H2,1-4H3,(H,24,27)/t12-,13?,14-,15-,16-,17-,18?,22?/m0/s1. The van der Waals surface area contributed by atoms with Crippen LogP contribution in [0, 0.1) is 17.8 Å². The SMILES string of the molecule is CCCCNC(=O)C1N([C@@H](CO)[C@@H](C)CC)C(=O)[C@@H]2[C@H](C(=O)OCC)[C@H]3SC12CC3Br. The highest BCUT2D eigenvalue weighted by Crippen LogP contribution is 2.68. The van der Waals surface area contributed by atoms with Crippen LogP contribution in [0.1, 0.15) is 53.4 Å². The predicted octanol–water partition coefficient (Wildman–Crippen LogP) is 2.34. The second kappa shape index (κ2) is 10.00. The number of unbranched alkanes of at least 4 members (excludes halogenated alkanes) is 1. The van der Waals surface area contributed by atoms with Crippen LogP contribution in [0.4, 0.5) is 0 Å². The normalized spacial score (nSPS) is 35.7. The molecule has 2 amide bonds. The number of carbonyl (C=O) groups excluding carboxylic acids is 3. The van der Waals surface area contributed by atoms with Crippen LogP contribution in [0.25, 0.3) is 0 Å². The molecule has 7 nitrogen and oxygen atoms in total. The Kier molecular flexibility index (Phi) is 8.01. The number of likely N-dealkylation sites (tertiary alicyclic amines) is 1. The number of esters is 1. The van der Waals surface area contributed by atoms with Crippen molar-refractivity contribution in [1.29, 1.82) is 0 Å². The van der Waals surface area contributed by atoms with E-state index < -0.39 is 28.7 Å². The molecule has 31 heavy (non-hydrogen) atoms. The Morgan fingerprint density at radius 2 is 2.10 bits per heavy atom. The number of hydrogen-bond acceptors (Lipinski definition) is 6. The summed E-state index contributed by atoms with van der Waals surface area (Å²) in [6.45, 7) is 8.42. The van der Waals surface area contributed by atoms with Gasteiger partial charge in [-0.2, -0.15) is 0 Å². The summed E-state index contributed by atoms with van der Waals surface area (Å²) in [6.07, 6.45) is 3.23. The molecule has 0 aromatic carbocycles. The van der Waals surface area contributed by atoms with Crippen molar-refractivity contribution in [3.63, 3.8) is 0 Å². The number of carbonyl (C=O) groups is 3. The van der Waals surface area contributed by atoms with Crippen LogP contribution in [0.2, 0.25) is 0 Å². The molecule has 8 atom stereocenters. The second-order valence-corrected chi connectivity index (χ2v) is 11.7. The fourth-order valence-electron chi connectivity index (χ4n) is 5.53. The van der Waals surface area contributed by atoms with Crippen molar-refractivity contribution in [2.45, 2.75) is 80.3 Å². The van der Waals surface area contributed by atoms with E-state index in [1.165, 1.54) is 0 Å². The number of ether oxygens (including phenoxy) is 1. The Labute approximate surface area is 197 Å². The molecule has 3 rings (SSSR count). The fraction of sp³-hybridized carbons (Fsp3) is 0.864. The molecule has 3 saturated heterocycles. The summed E-state index contributed by atoms with van der Waals surface area (Å²) in [5.74, 6) is -1.89. The number of aliphatic hydroxyl groups is 1. The fourth-order valence-corrected chi connectivity index (χ4v) is 9.12. The monoisotopic (exact) mass is 518 g/mol. The van der Waals surface area contributed by atoms with Crippen molar-refractivity contribution >= 4 is 45.5 Å². The molecule has 0 aliphatic carbocycles. The molecule has 1 spiro atoms. The Morgan fingerprint density at radius 3 is 2.68 bits per heavy atom. The van der Waals surface area contributed by atoms with Gasteiger partial charge in [-0.3, -0.25) is 14.4 Å². The van der Waals surface area contributed by atoms with Gasteiger partial charge in [-0.1, -0.05) is 49.5 Å². The van der Waals surface area contributed by atoms with Crippen molar-refractivity contribution in [3.8, 4) is 0 Å². The maximum atomic E-state index is 13.9. The van der Waals surface area contributed by atoms with Gasteiger partial charge < -0.3 is 20.1 Å². The van der Waals surface area contributed by atoms with Gasteiger partial charge >= 0.3 is 5.97 Å². The molecule has 3 fully saturated rings. The first kappa shape index (κ1) is 24.8. The molecule has 0 aromatic heterocycles. The topological polar surface area (TPSA) is 95.9 Å². The van der Waals surface area contributed by atoms with Crippen LogP contribution in [-0.4, -0.2) is 74.5 Å². The number of thioether (sulfide) groups is 1. The minimum atomic E-state index is -0.706. The zero-order valence-electron chi connectivity index (χ0n) is 18.8. The Hall–Kier alpha value is -0.800.